The molecule has 3 unspecified atom stereocenters. The summed E-state index contributed by atoms with van der Waals surface area (Å²) in [4.78, 5) is 16.6. The van der Waals surface area contributed by atoms with Crippen LogP contribution in [0.3, 0.4) is 0 Å². The molecular formula is C13H25N3O3. The quantitative estimate of drug-likeness (QED) is 0.734. The molecule has 0 aromatic carbocycles. The summed E-state index contributed by atoms with van der Waals surface area (Å²) in [5.41, 5.74) is 5.67. The van der Waals surface area contributed by atoms with Gasteiger partial charge in [-0.05, 0) is 13.8 Å². The van der Waals surface area contributed by atoms with E-state index in [1.165, 1.54) is 0 Å². The monoisotopic (exact) mass is 271 g/mol. The van der Waals surface area contributed by atoms with Crippen LogP contribution < -0.4 is 5.73 Å². The fourth-order valence-electron chi connectivity index (χ4n) is 2.71. The highest BCUT2D eigenvalue weighted by molar-refractivity contribution is 5.81. The van der Waals surface area contributed by atoms with Gasteiger partial charge in [0.25, 0.3) is 0 Å². The molecule has 19 heavy (non-hydrogen) atoms. The lowest BCUT2D eigenvalue weighted by atomic mass is 10.1. The van der Waals surface area contributed by atoms with E-state index in [4.69, 9.17) is 15.2 Å². The Morgan fingerprint density at radius 1 is 1.42 bits per heavy atom. The Morgan fingerprint density at radius 2 is 2.11 bits per heavy atom. The van der Waals surface area contributed by atoms with Gasteiger partial charge < -0.3 is 20.1 Å². The van der Waals surface area contributed by atoms with Gasteiger partial charge in [0.2, 0.25) is 5.91 Å². The number of carbonyl (C=O) groups excluding carboxylic acids is 1. The van der Waals surface area contributed by atoms with Crippen LogP contribution in [-0.2, 0) is 14.3 Å². The van der Waals surface area contributed by atoms with E-state index in [0.29, 0.717) is 39.5 Å². The number of carbonyl (C=O) groups is 1. The van der Waals surface area contributed by atoms with E-state index in [9.17, 15) is 4.79 Å². The van der Waals surface area contributed by atoms with Gasteiger partial charge in [-0.15, -0.1) is 0 Å². The summed E-state index contributed by atoms with van der Waals surface area (Å²) < 4.78 is 10.9. The van der Waals surface area contributed by atoms with Crippen molar-refractivity contribution in [1.29, 1.82) is 0 Å². The Kier molecular flexibility index (Phi) is 5.15. The molecule has 0 bridgehead atoms. The molecular weight excluding hydrogens is 246 g/mol. The van der Waals surface area contributed by atoms with Gasteiger partial charge in [-0.2, -0.15) is 0 Å². The Morgan fingerprint density at radius 3 is 2.74 bits per heavy atom. The standard InChI is InChI=1S/C13H25N3O3/c1-10-9-19-12(7-14)8-16(10)11(2)13(17)15-3-5-18-6-4-15/h10-12H,3-9,14H2,1-2H3. The molecule has 2 fully saturated rings. The Labute approximate surface area is 114 Å². The molecule has 2 N–H and O–H groups in total. The van der Waals surface area contributed by atoms with Crippen LogP contribution in [0.2, 0.25) is 0 Å². The Balaban J connectivity index is 1.96. The topological polar surface area (TPSA) is 68.0 Å². The lowest BCUT2D eigenvalue weighted by Crippen LogP contribution is -2.58. The smallest absolute Gasteiger partial charge is 0.239 e. The molecule has 0 spiro atoms. The third kappa shape index (κ3) is 3.45. The number of ether oxygens (including phenoxy) is 2. The minimum atomic E-state index is -0.119. The van der Waals surface area contributed by atoms with Crippen LogP contribution >= 0.6 is 0 Å². The van der Waals surface area contributed by atoms with Gasteiger partial charge >= 0.3 is 0 Å². The maximum absolute atomic E-state index is 12.5. The molecule has 1 amide bonds. The lowest BCUT2D eigenvalue weighted by molar-refractivity contribution is -0.146. The number of hydrogen-bond acceptors (Lipinski definition) is 5. The fourth-order valence-corrected chi connectivity index (χ4v) is 2.71. The number of rotatable bonds is 3. The van der Waals surface area contributed by atoms with Gasteiger partial charge in [-0.1, -0.05) is 0 Å². The largest absolute Gasteiger partial charge is 0.378 e. The zero-order chi connectivity index (χ0) is 13.8. The van der Waals surface area contributed by atoms with Crippen molar-refractivity contribution in [3.8, 4) is 0 Å². The summed E-state index contributed by atoms with van der Waals surface area (Å²) in [6.07, 6.45) is 0.0381. The average Bonchev–Trinajstić information content (AvgIpc) is 2.47. The minimum absolute atomic E-state index is 0.0381. The first-order valence-corrected chi connectivity index (χ1v) is 7.07. The molecule has 6 nitrogen and oxygen atoms in total. The van der Waals surface area contributed by atoms with Crippen LogP contribution in [0.5, 0.6) is 0 Å². The van der Waals surface area contributed by atoms with Crippen LogP contribution in [0.1, 0.15) is 13.8 Å². The summed E-state index contributed by atoms with van der Waals surface area (Å²) in [6.45, 7) is 8.62. The fraction of sp³-hybridized carbons (Fsp3) is 0.923. The van der Waals surface area contributed by atoms with Crippen molar-refractivity contribution < 1.29 is 14.3 Å². The minimum Gasteiger partial charge on any atom is -0.378 e. The predicted octanol–water partition coefficient (Wildman–Crippen LogP) is -0.718. The van der Waals surface area contributed by atoms with Crippen molar-refractivity contribution in [1.82, 2.24) is 9.80 Å². The van der Waals surface area contributed by atoms with E-state index in [1.54, 1.807) is 0 Å². The van der Waals surface area contributed by atoms with Gasteiger partial charge in [0.05, 0.1) is 32.0 Å². The summed E-state index contributed by atoms with van der Waals surface area (Å²) in [6, 6.07) is 0.133. The SMILES string of the molecule is CC1COC(CN)CN1C(C)C(=O)N1CCOCC1. The zero-order valence-corrected chi connectivity index (χ0v) is 11.9. The van der Waals surface area contributed by atoms with Gasteiger partial charge in [0.1, 0.15) is 0 Å². The Hall–Kier alpha value is -0.690. The average molecular weight is 271 g/mol. The number of hydrogen-bond donors (Lipinski definition) is 1. The maximum Gasteiger partial charge on any atom is 0.239 e. The first kappa shape index (κ1) is 14.7. The summed E-state index contributed by atoms with van der Waals surface area (Å²) in [5.74, 6) is 0.188. The molecule has 2 heterocycles. The van der Waals surface area contributed by atoms with Crippen molar-refractivity contribution in [3.05, 3.63) is 0 Å². The third-order valence-corrected chi connectivity index (χ3v) is 3.99. The molecule has 2 saturated heterocycles. The molecule has 0 aliphatic carbocycles. The third-order valence-electron chi connectivity index (χ3n) is 3.99. The van der Waals surface area contributed by atoms with Crippen molar-refractivity contribution in [3.63, 3.8) is 0 Å². The summed E-state index contributed by atoms with van der Waals surface area (Å²) in [5, 5.41) is 0. The van der Waals surface area contributed by atoms with Crippen molar-refractivity contribution in [2.75, 3.05) is 46.0 Å². The highest BCUT2D eigenvalue weighted by Gasteiger charge is 2.34. The number of nitrogens with two attached hydrogens (primary N) is 1. The molecule has 0 aromatic rings. The van der Waals surface area contributed by atoms with E-state index >= 15 is 0 Å². The first-order chi connectivity index (χ1) is 9.13. The molecule has 110 valence electrons. The number of nitrogens with zero attached hydrogens (tertiary/aromatic N) is 2. The van der Waals surface area contributed by atoms with Gasteiger partial charge in [0.15, 0.2) is 0 Å². The van der Waals surface area contributed by atoms with E-state index < -0.39 is 0 Å². The molecule has 3 atom stereocenters. The summed E-state index contributed by atoms with van der Waals surface area (Å²) in [7, 11) is 0. The first-order valence-electron chi connectivity index (χ1n) is 7.07. The van der Waals surface area contributed by atoms with E-state index in [0.717, 1.165) is 6.54 Å². The highest BCUT2D eigenvalue weighted by atomic mass is 16.5. The van der Waals surface area contributed by atoms with E-state index in [-0.39, 0.29) is 24.1 Å². The van der Waals surface area contributed by atoms with Crippen molar-refractivity contribution in [2.24, 2.45) is 5.73 Å². The molecule has 0 aromatic heterocycles. The second kappa shape index (κ2) is 6.65. The molecule has 0 saturated carbocycles. The second-order valence-corrected chi connectivity index (χ2v) is 5.35. The second-order valence-electron chi connectivity index (χ2n) is 5.35. The molecule has 2 aliphatic heterocycles. The molecule has 0 radical (unpaired) electrons. The van der Waals surface area contributed by atoms with E-state index in [1.807, 2.05) is 11.8 Å². The van der Waals surface area contributed by atoms with Crippen LogP contribution in [-0.4, -0.2) is 79.9 Å². The maximum atomic E-state index is 12.5. The lowest BCUT2D eigenvalue weighted by Gasteiger charge is -2.42. The van der Waals surface area contributed by atoms with Gasteiger partial charge in [-0.3, -0.25) is 9.69 Å². The number of morpholine rings is 2. The van der Waals surface area contributed by atoms with E-state index in [2.05, 4.69) is 11.8 Å². The predicted molar refractivity (Wildman–Crippen MR) is 71.8 cm³/mol. The highest BCUT2D eigenvalue weighted by Crippen LogP contribution is 2.16. The van der Waals surface area contributed by atoms with Crippen molar-refractivity contribution in [2.45, 2.75) is 32.0 Å². The van der Waals surface area contributed by atoms with Crippen molar-refractivity contribution >= 4 is 5.91 Å². The zero-order valence-electron chi connectivity index (χ0n) is 11.9. The van der Waals surface area contributed by atoms with Gasteiger partial charge in [-0.25, -0.2) is 0 Å². The molecule has 2 rings (SSSR count). The molecule has 2 aliphatic rings. The van der Waals surface area contributed by atoms with Crippen LogP contribution in [0, 0.1) is 0 Å². The summed E-state index contributed by atoms with van der Waals surface area (Å²) >= 11 is 0. The Bertz CT molecular complexity index is 308. The van der Waals surface area contributed by atoms with Gasteiger partial charge in [0, 0.05) is 32.2 Å². The van der Waals surface area contributed by atoms with Crippen LogP contribution in [0.4, 0.5) is 0 Å². The molecule has 6 heteroatoms. The number of amides is 1. The van der Waals surface area contributed by atoms with Crippen LogP contribution in [0.15, 0.2) is 0 Å². The van der Waals surface area contributed by atoms with Crippen LogP contribution in [0.25, 0.3) is 0 Å². The normalized spacial score (nSPS) is 31.2.